The van der Waals surface area contributed by atoms with E-state index in [0.29, 0.717) is 0 Å². The second-order valence-electron chi connectivity index (χ2n) is 5.63. The van der Waals surface area contributed by atoms with Gasteiger partial charge < -0.3 is 9.47 Å². The molecule has 1 aliphatic carbocycles. The minimum absolute atomic E-state index is 0.0643. The Morgan fingerprint density at radius 1 is 0.720 bits per heavy atom. The number of carbonyl (C=O) groups is 4. The van der Waals surface area contributed by atoms with Crippen LogP contribution in [0.3, 0.4) is 0 Å². The van der Waals surface area contributed by atoms with Crippen LogP contribution in [0.5, 0.6) is 0 Å². The molecule has 6 nitrogen and oxygen atoms in total. The number of ketones is 2. The predicted molar refractivity (Wildman–Crippen MR) is 87.2 cm³/mol. The lowest BCUT2D eigenvalue weighted by Gasteiger charge is -2.19. The SMILES string of the molecule is COC(=O)c1cc2c(cc1C(=O)OC)C(=O)c1cc(C)ccc1C2=O. The Bertz CT molecular complexity index is 955. The highest BCUT2D eigenvalue weighted by atomic mass is 16.5. The first kappa shape index (κ1) is 16.6. The summed E-state index contributed by atoms with van der Waals surface area (Å²) in [5.74, 6) is -2.35. The summed E-state index contributed by atoms with van der Waals surface area (Å²) < 4.78 is 9.34. The molecule has 0 heterocycles. The second kappa shape index (κ2) is 5.98. The van der Waals surface area contributed by atoms with E-state index >= 15 is 0 Å². The zero-order valence-corrected chi connectivity index (χ0v) is 13.8. The van der Waals surface area contributed by atoms with Crippen molar-refractivity contribution in [1.29, 1.82) is 0 Å². The van der Waals surface area contributed by atoms with Crippen LogP contribution in [0.25, 0.3) is 0 Å². The van der Waals surface area contributed by atoms with Gasteiger partial charge in [-0.25, -0.2) is 9.59 Å². The molecule has 3 rings (SSSR count). The minimum Gasteiger partial charge on any atom is -0.465 e. The molecule has 126 valence electrons. The minimum atomic E-state index is -0.793. The first-order valence-electron chi connectivity index (χ1n) is 7.43. The van der Waals surface area contributed by atoms with E-state index in [-0.39, 0.29) is 44.9 Å². The maximum absolute atomic E-state index is 12.8. The number of benzene rings is 2. The highest BCUT2D eigenvalue weighted by molar-refractivity contribution is 6.29. The Balaban J connectivity index is 2.29. The molecule has 0 saturated carbocycles. The monoisotopic (exact) mass is 338 g/mol. The Morgan fingerprint density at radius 2 is 1.16 bits per heavy atom. The molecule has 0 spiro atoms. The van der Waals surface area contributed by atoms with Crippen molar-refractivity contribution in [3.63, 3.8) is 0 Å². The summed E-state index contributed by atoms with van der Waals surface area (Å²) in [5.41, 5.74) is 1.27. The number of aryl methyl sites for hydroxylation is 1. The number of methoxy groups -OCH3 is 2. The lowest BCUT2D eigenvalue weighted by Crippen LogP contribution is -2.24. The average molecular weight is 338 g/mol. The average Bonchev–Trinajstić information content (AvgIpc) is 2.63. The van der Waals surface area contributed by atoms with Crippen molar-refractivity contribution in [2.75, 3.05) is 14.2 Å². The highest BCUT2D eigenvalue weighted by Crippen LogP contribution is 2.30. The molecule has 0 aromatic heterocycles. The summed E-state index contributed by atoms with van der Waals surface area (Å²) in [6, 6.07) is 7.39. The predicted octanol–water partition coefficient (Wildman–Crippen LogP) is 2.34. The van der Waals surface area contributed by atoms with Crippen LogP contribution in [0, 0.1) is 6.92 Å². The Hall–Kier alpha value is -3.28. The molecule has 0 N–H and O–H groups in total. The molecule has 0 saturated heterocycles. The topological polar surface area (TPSA) is 86.7 Å². The van der Waals surface area contributed by atoms with Gasteiger partial charge in [0.15, 0.2) is 11.6 Å². The molecule has 1 aliphatic rings. The van der Waals surface area contributed by atoms with Crippen LogP contribution < -0.4 is 0 Å². The quantitative estimate of drug-likeness (QED) is 0.667. The van der Waals surface area contributed by atoms with Gasteiger partial charge in [0.25, 0.3) is 0 Å². The normalized spacial score (nSPS) is 12.3. The molecular formula is C19H14O6. The van der Waals surface area contributed by atoms with Gasteiger partial charge in [-0.3, -0.25) is 9.59 Å². The lowest BCUT2D eigenvalue weighted by molar-refractivity contribution is 0.0555. The van der Waals surface area contributed by atoms with Gasteiger partial charge in [-0.05, 0) is 25.1 Å². The maximum atomic E-state index is 12.8. The highest BCUT2D eigenvalue weighted by Gasteiger charge is 2.33. The molecule has 0 bridgehead atoms. The van der Waals surface area contributed by atoms with Gasteiger partial charge in [0.2, 0.25) is 0 Å². The van der Waals surface area contributed by atoms with Crippen molar-refractivity contribution in [3.05, 3.63) is 69.3 Å². The van der Waals surface area contributed by atoms with Crippen LogP contribution in [0.15, 0.2) is 30.3 Å². The maximum Gasteiger partial charge on any atom is 0.338 e. The van der Waals surface area contributed by atoms with Crippen LogP contribution in [-0.2, 0) is 9.47 Å². The molecule has 0 atom stereocenters. The van der Waals surface area contributed by atoms with Crippen LogP contribution in [0.4, 0.5) is 0 Å². The Kier molecular flexibility index (Phi) is 3.96. The third kappa shape index (κ3) is 2.52. The van der Waals surface area contributed by atoms with E-state index in [1.807, 2.05) is 6.92 Å². The number of hydrogen-bond acceptors (Lipinski definition) is 6. The summed E-state index contributed by atoms with van der Waals surface area (Å²) in [5, 5.41) is 0. The molecule has 0 fully saturated rings. The zero-order chi connectivity index (χ0) is 18.3. The van der Waals surface area contributed by atoms with E-state index in [1.165, 1.54) is 12.1 Å². The number of ether oxygens (including phenoxy) is 2. The third-order valence-corrected chi connectivity index (χ3v) is 4.12. The van der Waals surface area contributed by atoms with Crippen molar-refractivity contribution in [2.45, 2.75) is 6.92 Å². The van der Waals surface area contributed by atoms with Gasteiger partial charge >= 0.3 is 11.9 Å². The fourth-order valence-corrected chi connectivity index (χ4v) is 2.87. The second-order valence-corrected chi connectivity index (χ2v) is 5.63. The van der Waals surface area contributed by atoms with Gasteiger partial charge in [0.05, 0.1) is 25.3 Å². The van der Waals surface area contributed by atoms with Crippen LogP contribution in [-0.4, -0.2) is 37.7 Å². The van der Waals surface area contributed by atoms with Crippen molar-refractivity contribution in [3.8, 4) is 0 Å². The molecule has 25 heavy (non-hydrogen) atoms. The van der Waals surface area contributed by atoms with Gasteiger partial charge in [-0.1, -0.05) is 17.7 Å². The number of fused-ring (bicyclic) bond motifs is 2. The van der Waals surface area contributed by atoms with Crippen LogP contribution in [0.1, 0.15) is 58.1 Å². The van der Waals surface area contributed by atoms with E-state index in [2.05, 4.69) is 9.47 Å². The van der Waals surface area contributed by atoms with Crippen molar-refractivity contribution in [2.24, 2.45) is 0 Å². The van der Waals surface area contributed by atoms with Gasteiger partial charge in [-0.2, -0.15) is 0 Å². The molecule has 2 aromatic rings. The van der Waals surface area contributed by atoms with E-state index in [4.69, 9.17) is 0 Å². The number of esters is 2. The van der Waals surface area contributed by atoms with E-state index in [0.717, 1.165) is 19.8 Å². The first-order chi connectivity index (χ1) is 11.9. The fourth-order valence-electron chi connectivity index (χ4n) is 2.87. The van der Waals surface area contributed by atoms with Gasteiger partial charge in [-0.15, -0.1) is 0 Å². The fraction of sp³-hybridized carbons (Fsp3) is 0.158. The summed E-state index contributed by atoms with van der Waals surface area (Å²) in [4.78, 5) is 49.6. The van der Waals surface area contributed by atoms with Crippen molar-refractivity contribution >= 4 is 23.5 Å². The van der Waals surface area contributed by atoms with Crippen LogP contribution >= 0.6 is 0 Å². The van der Waals surface area contributed by atoms with Gasteiger partial charge in [0, 0.05) is 22.3 Å². The molecule has 2 aromatic carbocycles. The number of rotatable bonds is 2. The number of hydrogen-bond donors (Lipinski definition) is 0. The largest absolute Gasteiger partial charge is 0.465 e. The standard InChI is InChI=1S/C19H14O6/c1-9-4-5-10-11(6-9)17(21)13-8-15(19(23)25-3)14(18(22)24-2)7-12(13)16(10)20/h4-8H,1-3H3. The molecule has 0 amide bonds. The summed E-state index contributed by atoms with van der Waals surface area (Å²) >= 11 is 0. The third-order valence-electron chi connectivity index (χ3n) is 4.12. The van der Waals surface area contributed by atoms with E-state index < -0.39 is 11.9 Å². The first-order valence-corrected chi connectivity index (χ1v) is 7.43. The smallest absolute Gasteiger partial charge is 0.338 e. The van der Waals surface area contributed by atoms with Gasteiger partial charge in [0.1, 0.15) is 0 Å². The summed E-state index contributed by atoms with van der Waals surface area (Å²) in [6.07, 6.45) is 0. The summed E-state index contributed by atoms with van der Waals surface area (Å²) in [7, 11) is 2.32. The van der Waals surface area contributed by atoms with E-state index in [1.54, 1.807) is 18.2 Å². The molecule has 0 aliphatic heterocycles. The molecule has 0 radical (unpaired) electrons. The van der Waals surface area contributed by atoms with Crippen molar-refractivity contribution in [1.82, 2.24) is 0 Å². The number of carbonyl (C=O) groups excluding carboxylic acids is 4. The molecule has 6 heteroatoms. The Labute approximate surface area is 143 Å². The zero-order valence-electron chi connectivity index (χ0n) is 13.8. The van der Waals surface area contributed by atoms with Crippen LogP contribution in [0.2, 0.25) is 0 Å². The molecular weight excluding hydrogens is 324 g/mol. The summed E-state index contributed by atoms with van der Waals surface area (Å²) in [6.45, 7) is 1.81. The molecule has 0 unspecified atom stereocenters. The van der Waals surface area contributed by atoms with E-state index in [9.17, 15) is 19.2 Å². The lowest BCUT2D eigenvalue weighted by atomic mass is 9.81. The Morgan fingerprint density at radius 3 is 1.64 bits per heavy atom. The van der Waals surface area contributed by atoms with Crippen molar-refractivity contribution < 1.29 is 28.7 Å².